The van der Waals surface area contributed by atoms with Gasteiger partial charge in [-0.05, 0) is 49.8 Å². The van der Waals surface area contributed by atoms with Gasteiger partial charge in [-0.15, -0.1) is 0 Å². The molecule has 2 aliphatic rings. The highest BCUT2D eigenvalue weighted by molar-refractivity contribution is 5.95. The molecular formula is C29H39N5O. The molecule has 0 radical (unpaired) electrons. The quantitative estimate of drug-likeness (QED) is 0.477. The fourth-order valence-corrected chi connectivity index (χ4v) is 3.34. The van der Waals surface area contributed by atoms with E-state index in [0.717, 1.165) is 67.0 Å². The van der Waals surface area contributed by atoms with E-state index in [1.54, 1.807) is 0 Å². The van der Waals surface area contributed by atoms with E-state index in [1.165, 1.54) is 5.57 Å². The highest BCUT2D eigenvalue weighted by Gasteiger charge is 2.17. The summed E-state index contributed by atoms with van der Waals surface area (Å²) in [5.41, 5.74) is 4.30. The summed E-state index contributed by atoms with van der Waals surface area (Å²) in [6, 6.07) is 10.1. The first-order chi connectivity index (χ1) is 17.0. The summed E-state index contributed by atoms with van der Waals surface area (Å²) in [6.45, 7) is 19.6. The highest BCUT2D eigenvalue weighted by atomic mass is 16.5. The van der Waals surface area contributed by atoms with Gasteiger partial charge < -0.3 is 25.6 Å². The van der Waals surface area contributed by atoms with Gasteiger partial charge in [0.1, 0.15) is 17.5 Å². The first kappa shape index (κ1) is 27.6. The Morgan fingerprint density at radius 1 is 1.20 bits per heavy atom. The molecule has 0 aliphatic carbocycles. The van der Waals surface area contributed by atoms with Gasteiger partial charge >= 0.3 is 0 Å². The van der Waals surface area contributed by atoms with Gasteiger partial charge in [-0.1, -0.05) is 67.8 Å². The molecule has 6 heteroatoms. The number of nitrogens with one attached hydrogen (secondary N) is 3. The van der Waals surface area contributed by atoms with E-state index in [-0.39, 0.29) is 0 Å². The van der Waals surface area contributed by atoms with Crippen molar-refractivity contribution in [3.63, 3.8) is 0 Å². The molecule has 0 saturated carbocycles. The van der Waals surface area contributed by atoms with E-state index >= 15 is 0 Å². The molecule has 0 atom stereocenters. The number of allylic oxidation sites excluding steroid dienone is 5. The Balaban J connectivity index is 0.000000367. The Kier molecular flexibility index (Phi) is 12.1. The minimum Gasteiger partial charge on any atom is -0.378 e. The largest absolute Gasteiger partial charge is 0.378 e. The predicted molar refractivity (Wildman–Crippen MR) is 150 cm³/mol. The minimum atomic E-state index is 0.741. The third kappa shape index (κ3) is 10.0. The molecule has 35 heavy (non-hydrogen) atoms. The molecular weight excluding hydrogens is 434 g/mol. The van der Waals surface area contributed by atoms with Crippen LogP contribution < -0.4 is 16.0 Å². The molecule has 0 unspecified atom stereocenters. The average molecular weight is 474 g/mol. The number of hydrogen-bond acceptors (Lipinski definition) is 6. The summed E-state index contributed by atoms with van der Waals surface area (Å²) in [7, 11) is 1.91. The standard InChI is InChI=1S/C20H24N4O.C9H15N/c1-3-18-22-19(15-20(23-18)24-11-13-25-14-12-24)21-10-9-16(2)17-7-5-4-6-8-17;1-5-9(7-10-4)6-8(2)3/h3-10,15,21-22H,2,11-14H2,1H3;5-6,10H,1-2,7H2,3-4H3/b10-9-,18-3-;9-6+. The van der Waals surface area contributed by atoms with E-state index in [9.17, 15) is 0 Å². The van der Waals surface area contributed by atoms with Crippen molar-refractivity contribution in [1.29, 1.82) is 0 Å². The fraction of sp³-hybridized carbons (Fsp3) is 0.276. The first-order valence-electron chi connectivity index (χ1n) is 11.8. The van der Waals surface area contributed by atoms with E-state index in [4.69, 9.17) is 4.74 Å². The molecule has 1 aromatic carbocycles. The molecule has 0 bridgehead atoms. The summed E-state index contributed by atoms with van der Waals surface area (Å²) in [5, 5.41) is 9.60. The monoisotopic (exact) mass is 473 g/mol. The van der Waals surface area contributed by atoms with Gasteiger partial charge in [0.15, 0.2) is 0 Å². The number of nitrogens with zero attached hydrogens (tertiary/aromatic N) is 2. The number of hydrogen-bond donors (Lipinski definition) is 3. The number of amidine groups is 1. The molecule has 1 aromatic rings. The van der Waals surface area contributed by atoms with E-state index in [1.807, 2.05) is 87.8 Å². The topological polar surface area (TPSA) is 60.9 Å². The zero-order chi connectivity index (χ0) is 25.5. The van der Waals surface area contributed by atoms with Gasteiger partial charge in [0.25, 0.3) is 0 Å². The van der Waals surface area contributed by atoms with Gasteiger partial charge in [0, 0.05) is 31.9 Å². The molecule has 2 aliphatic heterocycles. The number of rotatable bonds is 8. The summed E-state index contributed by atoms with van der Waals surface area (Å²) >= 11 is 0. The molecule has 0 spiro atoms. The van der Waals surface area contributed by atoms with Crippen molar-refractivity contribution >= 4 is 11.4 Å². The lowest BCUT2D eigenvalue weighted by molar-refractivity contribution is 0.0683. The van der Waals surface area contributed by atoms with Crippen LogP contribution in [0.15, 0.2) is 114 Å². The zero-order valence-electron chi connectivity index (χ0n) is 21.3. The summed E-state index contributed by atoms with van der Waals surface area (Å²) < 4.78 is 5.42. The molecule has 186 valence electrons. The molecule has 6 nitrogen and oxygen atoms in total. The first-order valence-corrected chi connectivity index (χ1v) is 11.8. The number of benzene rings is 1. The van der Waals surface area contributed by atoms with Crippen LogP contribution in [-0.4, -0.2) is 50.6 Å². The molecule has 1 fully saturated rings. The Hall–Kier alpha value is -3.61. The zero-order valence-corrected chi connectivity index (χ0v) is 21.3. The highest BCUT2D eigenvalue weighted by Crippen LogP contribution is 2.13. The maximum Gasteiger partial charge on any atom is 0.134 e. The van der Waals surface area contributed by atoms with Crippen LogP contribution in [0.4, 0.5) is 0 Å². The third-order valence-electron chi connectivity index (χ3n) is 5.12. The second kappa shape index (κ2) is 15.3. The Morgan fingerprint density at radius 3 is 2.51 bits per heavy atom. The van der Waals surface area contributed by atoms with Gasteiger partial charge in [0.05, 0.1) is 13.2 Å². The lowest BCUT2D eigenvalue weighted by Crippen LogP contribution is -2.42. The van der Waals surface area contributed by atoms with Crippen molar-refractivity contribution in [2.75, 3.05) is 39.9 Å². The van der Waals surface area contributed by atoms with Crippen LogP contribution in [0.2, 0.25) is 0 Å². The summed E-state index contributed by atoms with van der Waals surface area (Å²) in [6.07, 6.45) is 11.7. The van der Waals surface area contributed by atoms with E-state index in [2.05, 4.69) is 45.6 Å². The normalized spacial score (nSPS) is 17.1. The average Bonchev–Trinajstić information content (AvgIpc) is 2.89. The molecule has 3 N–H and O–H groups in total. The number of likely N-dealkylation sites (N-methyl/N-ethyl adjacent to an activating group) is 1. The number of morpholine rings is 1. The van der Waals surface area contributed by atoms with Crippen molar-refractivity contribution < 1.29 is 4.74 Å². The summed E-state index contributed by atoms with van der Waals surface area (Å²) in [4.78, 5) is 6.88. The van der Waals surface area contributed by atoms with Crippen LogP contribution in [-0.2, 0) is 4.74 Å². The molecule has 0 amide bonds. The van der Waals surface area contributed by atoms with Crippen LogP contribution in [0.25, 0.3) is 5.57 Å². The second-order valence-corrected chi connectivity index (χ2v) is 8.10. The van der Waals surface area contributed by atoms with Gasteiger partial charge in [-0.3, -0.25) is 0 Å². The Labute approximate surface area is 210 Å². The van der Waals surface area contributed by atoms with Crippen molar-refractivity contribution in [2.45, 2.75) is 13.8 Å². The van der Waals surface area contributed by atoms with Crippen LogP contribution >= 0.6 is 0 Å². The SMILES string of the molecule is C=C(/C=C\NC1=CC(N2CCOCC2)=N/C(=C\C)N1)c1ccccc1.C=C/C(=C\C(=C)C)CNC. The maximum atomic E-state index is 5.42. The predicted octanol–water partition coefficient (Wildman–Crippen LogP) is 4.73. The number of aliphatic imine (C=N–C) groups is 1. The van der Waals surface area contributed by atoms with E-state index in [0.29, 0.717) is 0 Å². The minimum absolute atomic E-state index is 0.741. The van der Waals surface area contributed by atoms with Crippen LogP contribution in [0.3, 0.4) is 0 Å². The van der Waals surface area contributed by atoms with Crippen LogP contribution in [0, 0.1) is 0 Å². The van der Waals surface area contributed by atoms with Crippen molar-refractivity contribution in [2.24, 2.45) is 4.99 Å². The van der Waals surface area contributed by atoms with E-state index < -0.39 is 0 Å². The van der Waals surface area contributed by atoms with Crippen molar-refractivity contribution in [1.82, 2.24) is 20.9 Å². The lowest BCUT2D eigenvalue weighted by atomic mass is 10.1. The van der Waals surface area contributed by atoms with Gasteiger partial charge in [0.2, 0.25) is 0 Å². The van der Waals surface area contributed by atoms with Crippen molar-refractivity contribution in [3.8, 4) is 0 Å². The van der Waals surface area contributed by atoms with Gasteiger partial charge in [-0.2, -0.15) is 0 Å². The van der Waals surface area contributed by atoms with Crippen LogP contribution in [0.1, 0.15) is 19.4 Å². The Bertz CT molecular complexity index is 1010. The third-order valence-corrected chi connectivity index (χ3v) is 5.12. The maximum absolute atomic E-state index is 5.42. The molecule has 3 rings (SSSR count). The van der Waals surface area contributed by atoms with Crippen LogP contribution in [0.5, 0.6) is 0 Å². The van der Waals surface area contributed by atoms with Crippen molar-refractivity contribution in [3.05, 3.63) is 115 Å². The summed E-state index contributed by atoms with van der Waals surface area (Å²) in [5.74, 6) is 2.68. The number of ether oxygens (including phenoxy) is 1. The Morgan fingerprint density at radius 2 is 1.91 bits per heavy atom. The molecule has 1 saturated heterocycles. The fourth-order valence-electron chi connectivity index (χ4n) is 3.34. The second-order valence-electron chi connectivity index (χ2n) is 8.10. The lowest BCUT2D eigenvalue weighted by Gasteiger charge is -2.30. The van der Waals surface area contributed by atoms with Gasteiger partial charge in [-0.25, -0.2) is 4.99 Å². The smallest absolute Gasteiger partial charge is 0.134 e. The molecule has 2 heterocycles. The molecule has 0 aromatic heterocycles.